The molecule has 0 aliphatic rings. The van der Waals surface area contributed by atoms with Crippen molar-refractivity contribution < 1.29 is 9.78 Å². The number of carbonyl (C=O) groups is 1. The van der Waals surface area contributed by atoms with E-state index in [-0.39, 0.29) is 6.03 Å². The van der Waals surface area contributed by atoms with Gasteiger partial charge < -0.3 is 0 Å². The van der Waals surface area contributed by atoms with Gasteiger partial charge in [0.25, 0.3) is 6.33 Å². The number of nitrogens with one attached hydrogen (secondary N) is 1. The molecule has 0 radical (unpaired) electrons. The van der Waals surface area contributed by atoms with E-state index in [2.05, 4.69) is 9.97 Å². The number of nitrogens with zero attached hydrogens (tertiary/aromatic N) is 3. The fourth-order valence-corrected chi connectivity index (χ4v) is 0.914. The molecule has 0 saturated heterocycles. The summed E-state index contributed by atoms with van der Waals surface area (Å²) in [5.74, 6) is 0. The number of hydrogen-bond acceptors (Lipinski definition) is 2. The lowest BCUT2D eigenvalue weighted by Crippen LogP contribution is -2.16. The van der Waals surface area contributed by atoms with Gasteiger partial charge in [-0.05, 0) is 0 Å². The van der Waals surface area contributed by atoms with Gasteiger partial charge in [0.2, 0.25) is 0 Å². The minimum absolute atomic E-state index is 0.159. The van der Waals surface area contributed by atoms with Crippen molar-refractivity contribution in [3.05, 3.63) is 37.4 Å². The van der Waals surface area contributed by atoms with Crippen LogP contribution in [0.4, 0.5) is 4.79 Å². The molecule has 0 saturated carbocycles. The van der Waals surface area contributed by atoms with E-state index in [9.17, 15) is 4.79 Å². The van der Waals surface area contributed by atoms with Crippen LogP contribution >= 0.6 is 0 Å². The van der Waals surface area contributed by atoms with E-state index in [4.69, 9.17) is 0 Å². The van der Waals surface area contributed by atoms with Crippen molar-refractivity contribution in [1.82, 2.24) is 14.1 Å². The van der Waals surface area contributed by atoms with E-state index in [0.29, 0.717) is 0 Å². The van der Waals surface area contributed by atoms with Gasteiger partial charge in [-0.3, -0.25) is 0 Å². The van der Waals surface area contributed by atoms with Crippen molar-refractivity contribution in [3.8, 4) is 0 Å². The topological polar surface area (TPSA) is 54.0 Å². The minimum Gasteiger partial charge on any atom is -0.250 e. The predicted molar refractivity (Wildman–Crippen MR) is 39.4 cm³/mol. The highest BCUT2D eigenvalue weighted by molar-refractivity contribution is 5.78. The van der Waals surface area contributed by atoms with Crippen LogP contribution in [0.15, 0.2) is 37.4 Å². The Labute approximate surface area is 68.3 Å². The highest BCUT2D eigenvalue weighted by Crippen LogP contribution is 1.90. The van der Waals surface area contributed by atoms with Crippen molar-refractivity contribution in [2.24, 2.45) is 0 Å². The highest BCUT2D eigenvalue weighted by Gasteiger charge is 2.10. The van der Waals surface area contributed by atoms with E-state index < -0.39 is 0 Å². The maximum atomic E-state index is 11.4. The molecule has 0 atom stereocenters. The highest BCUT2D eigenvalue weighted by atomic mass is 16.2. The maximum Gasteiger partial charge on any atom is 0.425 e. The Morgan fingerprint density at radius 2 is 2.25 bits per heavy atom. The number of aromatic nitrogens is 4. The normalized spacial score (nSPS) is 10.0. The first-order valence-electron chi connectivity index (χ1n) is 3.44. The molecule has 0 spiro atoms. The van der Waals surface area contributed by atoms with Crippen LogP contribution in [0.2, 0.25) is 0 Å². The van der Waals surface area contributed by atoms with E-state index in [1.165, 1.54) is 15.5 Å². The van der Waals surface area contributed by atoms with Gasteiger partial charge in [-0.25, -0.2) is 19.3 Å². The Balaban J connectivity index is 2.34. The molecule has 2 aromatic rings. The molecule has 12 heavy (non-hydrogen) atoms. The lowest BCUT2D eigenvalue weighted by molar-refractivity contribution is -0.376. The lowest BCUT2D eigenvalue weighted by atomic mass is 10.8. The smallest absolute Gasteiger partial charge is 0.250 e. The number of aromatic amines is 1. The molecule has 0 amide bonds. The van der Waals surface area contributed by atoms with Crippen LogP contribution in [0.1, 0.15) is 0 Å². The van der Waals surface area contributed by atoms with Crippen LogP contribution in [0.25, 0.3) is 0 Å². The minimum atomic E-state index is -0.159. The van der Waals surface area contributed by atoms with Crippen molar-refractivity contribution in [1.29, 1.82) is 0 Å². The van der Waals surface area contributed by atoms with E-state index >= 15 is 0 Å². The molecule has 2 rings (SSSR count). The second-order valence-electron chi connectivity index (χ2n) is 2.27. The van der Waals surface area contributed by atoms with Gasteiger partial charge in [-0.2, -0.15) is 4.57 Å². The third-order valence-electron chi connectivity index (χ3n) is 1.49. The average molecular weight is 163 g/mol. The first-order chi connectivity index (χ1) is 5.88. The Hall–Kier alpha value is -1.91. The number of rotatable bonds is 0. The molecule has 0 aliphatic heterocycles. The molecule has 0 bridgehead atoms. The zero-order valence-corrected chi connectivity index (χ0v) is 6.21. The molecule has 5 nitrogen and oxygen atoms in total. The Morgan fingerprint density at radius 3 is 2.83 bits per heavy atom. The first-order valence-corrected chi connectivity index (χ1v) is 3.44. The number of carbonyl (C=O) groups excluding carboxylic acids is 1. The van der Waals surface area contributed by atoms with Crippen LogP contribution in [0.5, 0.6) is 0 Å². The summed E-state index contributed by atoms with van der Waals surface area (Å²) in [6.07, 6.45) is 9.51. The summed E-state index contributed by atoms with van der Waals surface area (Å²) in [6.45, 7) is 0. The third-order valence-corrected chi connectivity index (χ3v) is 1.49. The van der Waals surface area contributed by atoms with Gasteiger partial charge >= 0.3 is 6.03 Å². The molecule has 2 aromatic heterocycles. The van der Waals surface area contributed by atoms with Gasteiger partial charge in [0.15, 0.2) is 0 Å². The SMILES string of the molecule is O=C(n1ccnc1)n1cc[nH+]c1. The monoisotopic (exact) mass is 163 g/mol. The van der Waals surface area contributed by atoms with Gasteiger partial charge in [0, 0.05) is 12.4 Å². The maximum absolute atomic E-state index is 11.4. The fraction of sp³-hybridized carbons (Fsp3) is 0. The van der Waals surface area contributed by atoms with Crippen LogP contribution < -0.4 is 4.98 Å². The summed E-state index contributed by atoms with van der Waals surface area (Å²) in [6, 6.07) is -0.159. The van der Waals surface area contributed by atoms with Crippen molar-refractivity contribution in [2.45, 2.75) is 0 Å². The van der Waals surface area contributed by atoms with E-state index in [1.54, 1.807) is 31.1 Å². The summed E-state index contributed by atoms with van der Waals surface area (Å²) in [5, 5.41) is 0. The largest absolute Gasteiger partial charge is 0.425 e. The van der Waals surface area contributed by atoms with E-state index in [0.717, 1.165) is 0 Å². The van der Waals surface area contributed by atoms with Gasteiger partial charge in [0.05, 0.1) is 0 Å². The van der Waals surface area contributed by atoms with Crippen molar-refractivity contribution in [3.63, 3.8) is 0 Å². The average Bonchev–Trinajstić information content (AvgIpc) is 2.77. The standard InChI is InChI=1S/C7H6N4O/c12-7(10-3-1-8-5-10)11-4-2-9-6-11/h1-6H/p+1. The Morgan fingerprint density at radius 1 is 1.33 bits per heavy atom. The summed E-state index contributed by atoms with van der Waals surface area (Å²) in [5.41, 5.74) is 0. The second-order valence-corrected chi connectivity index (χ2v) is 2.27. The second kappa shape index (κ2) is 2.61. The van der Waals surface area contributed by atoms with Crippen LogP contribution in [-0.2, 0) is 0 Å². The Kier molecular flexibility index (Phi) is 1.48. The zero-order valence-electron chi connectivity index (χ0n) is 6.21. The quantitative estimate of drug-likeness (QED) is 0.549. The molecule has 1 N–H and O–H groups in total. The zero-order chi connectivity index (χ0) is 8.39. The van der Waals surface area contributed by atoms with Gasteiger partial charge in [-0.1, -0.05) is 0 Å². The number of imidazole rings is 2. The first kappa shape index (κ1) is 6.78. The van der Waals surface area contributed by atoms with Crippen LogP contribution in [0.3, 0.4) is 0 Å². The molecule has 0 aliphatic carbocycles. The van der Waals surface area contributed by atoms with Crippen LogP contribution in [-0.4, -0.2) is 20.1 Å². The molecular weight excluding hydrogens is 156 g/mol. The molecule has 0 fully saturated rings. The summed E-state index contributed by atoms with van der Waals surface area (Å²) >= 11 is 0. The molecule has 60 valence electrons. The molecular formula is C7H7N4O+. The van der Waals surface area contributed by atoms with Crippen molar-refractivity contribution in [2.75, 3.05) is 0 Å². The summed E-state index contributed by atoms with van der Waals surface area (Å²) in [7, 11) is 0. The predicted octanol–water partition coefficient (Wildman–Crippen LogP) is 0.0151. The molecule has 5 heteroatoms. The van der Waals surface area contributed by atoms with Gasteiger partial charge in [0.1, 0.15) is 18.7 Å². The van der Waals surface area contributed by atoms with Crippen LogP contribution in [0, 0.1) is 0 Å². The molecule has 2 heterocycles. The van der Waals surface area contributed by atoms with Gasteiger partial charge in [-0.15, -0.1) is 0 Å². The number of hydrogen-bond donors (Lipinski definition) is 0. The fourth-order valence-electron chi connectivity index (χ4n) is 0.914. The summed E-state index contributed by atoms with van der Waals surface area (Å²) in [4.78, 5) is 18.0. The lowest BCUT2D eigenvalue weighted by Gasteiger charge is -1.92. The Bertz CT molecular complexity index is 326. The molecule has 0 aromatic carbocycles. The van der Waals surface area contributed by atoms with E-state index in [1.807, 2.05) is 0 Å². The third kappa shape index (κ3) is 1.01. The molecule has 0 unspecified atom stereocenters. The summed E-state index contributed by atoms with van der Waals surface area (Å²) < 4.78 is 2.83. The number of H-pyrrole nitrogens is 1. The van der Waals surface area contributed by atoms with Crippen molar-refractivity contribution >= 4 is 6.03 Å².